The average Bonchev–Trinajstić information content (AvgIpc) is 3.79. The Balaban J connectivity index is 0.916. The van der Waals surface area contributed by atoms with E-state index in [4.69, 9.17) is 22.3 Å². The molecule has 0 saturated carbocycles. The second-order valence-electron chi connectivity index (χ2n) is 20.0. The third kappa shape index (κ3) is 8.97. The number of hydrogen-bond donors (Lipinski definition) is 4. The van der Waals surface area contributed by atoms with Gasteiger partial charge < -0.3 is 40.4 Å². The summed E-state index contributed by atoms with van der Waals surface area (Å²) in [6.45, 7) is 19.4. The van der Waals surface area contributed by atoms with Crippen LogP contribution in [0.1, 0.15) is 80.3 Å². The molecule has 67 heavy (non-hydrogen) atoms. The summed E-state index contributed by atoms with van der Waals surface area (Å²) in [6, 6.07) is 16.2. The first-order chi connectivity index (χ1) is 31.9. The van der Waals surface area contributed by atoms with Crippen LogP contribution >= 0.6 is 11.6 Å². The van der Waals surface area contributed by atoms with Gasteiger partial charge in [0.25, 0.3) is 11.5 Å². The highest BCUT2D eigenvalue weighted by atomic mass is 35.5. The lowest BCUT2D eigenvalue weighted by atomic mass is 9.90. The molecular weight excluding hydrogens is 866 g/mol. The molecule has 5 aromatic rings. The number of rotatable bonds is 11. The van der Waals surface area contributed by atoms with Crippen molar-refractivity contribution >= 4 is 57.8 Å². The summed E-state index contributed by atoms with van der Waals surface area (Å²) in [5.74, 6) is -0.102. The first kappa shape index (κ1) is 46.1. The molecule has 0 bridgehead atoms. The predicted octanol–water partition coefficient (Wildman–Crippen LogP) is 6.82. The van der Waals surface area contributed by atoms with Crippen LogP contribution in [0.3, 0.4) is 0 Å². The summed E-state index contributed by atoms with van der Waals surface area (Å²) < 4.78 is 3.58. The first-order valence-electron chi connectivity index (χ1n) is 23.3. The third-order valence-electron chi connectivity index (χ3n) is 14.1. The number of aliphatic hydroxyl groups excluding tert-OH is 1. The fourth-order valence-electron chi connectivity index (χ4n) is 10.7. The predicted molar refractivity (Wildman–Crippen MR) is 267 cm³/mol. The molecular formula is C51H62ClN11O4. The van der Waals surface area contributed by atoms with Crippen molar-refractivity contribution in [2.24, 2.45) is 18.2 Å². The smallest absolute Gasteiger partial charge is 0.293 e. The number of amides is 2. The van der Waals surface area contributed by atoms with E-state index < -0.39 is 12.1 Å². The fraction of sp³-hybridized carbons (Fsp3) is 0.431. The number of piperazine rings is 1. The molecule has 3 aliphatic heterocycles. The van der Waals surface area contributed by atoms with E-state index in [1.165, 1.54) is 21.9 Å². The normalized spacial score (nSPS) is 18.8. The van der Waals surface area contributed by atoms with Crippen molar-refractivity contribution in [2.45, 2.75) is 91.1 Å². The highest BCUT2D eigenvalue weighted by molar-refractivity contribution is 6.31. The van der Waals surface area contributed by atoms with E-state index in [0.717, 1.165) is 75.3 Å². The number of benzene rings is 2. The van der Waals surface area contributed by atoms with Gasteiger partial charge in [-0.1, -0.05) is 32.0 Å². The lowest BCUT2D eigenvalue weighted by Gasteiger charge is -2.47. The number of carbonyl (C=O) groups is 2. The topological polar surface area (TPSA) is 170 Å². The van der Waals surface area contributed by atoms with Crippen molar-refractivity contribution in [3.63, 3.8) is 0 Å². The Morgan fingerprint density at radius 1 is 1.03 bits per heavy atom. The molecule has 4 aliphatic rings. The van der Waals surface area contributed by atoms with Gasteiger partial charge in [-0.25, -0.2) is 9.97 Å². The highest BCUT2D eigenvalue weighted by Crippen LogP contribution is 2.41. The van der Waals surface area contributed by atoms with Gasteiger partial charge in [-0.3, -0.25) is 24.2 Å². The summed E-state index contributed by atoms with van der Waals surface area (Å²) in [4.78, 5) is 59.0. The van der Waals surface area contributed by atoms with E-state index >= 15 is 0 Å². The molecule has 2 amide bonds. The van der Waals surface area contributed by atoms with Gasteiger partial charge >= 0.3 is 0 Å². The Kier molecular flexibility index (Phi) is 12.3. The van der Waals surface area contributed by atoms with Crippen LogP contribution in [0.15, 0.2) is 78.4 Å². The Bertz CT molecular complexity index is 2820. The first-order valence-corrected chi connectivity index (χ1v) is 23.7. The molecule has 0 radical (unpaired) electrons. The van der Waals surface area contributed by atoms with Crippen molar-refractivity contribution in [3.05, 3.63) is 117 Å². The van der Waals surface area contributed by atoms with E-state index in [0.29, 0.717) is 63.9 Å². The number of aromatic nitrogens is 4. The Labute approximate surface area is 397 Å². The zero-order chi connectivity index (χ0) is 47.5. The third-order valence-corrected chi connectivity index (χ3v) is 14.4. The van der Waals surface area contributed by atoms with Crippen molar-refractivity contribution in [3.8, 4) is 11.3 Å². The minimum Gasteiger partial charge on any atom is -0.392 e. The van der Waals surface area contributed by atoms with Crippen LogP contribution in [-0.2, 0) is 43.4 Å². The number of fused-ring (bicyclic) bond motifs is 3. The molecule has 2 saturated heterocycles. The molecule has 3 aromatic heterocycles. The quantitative estimate of drug-likeness (QED) is 0.103. The van der Waals surface area contributed by atoms with Crippen LogP contribution in [0, 0.1) is 5.41 Å². The number of hydrogen-bond acceptors (Lipinski definition) is 11. The largest absolute Gasteiger partial charge is 0.392 e. The molecule has 2 fully saturated rings. The molecule has 6 heterocycles. The van der Waals surface area contributed by atoms with Gasteiger partial charge in [0.15, 0.2) is 5.82 Å². The molecule has 0 unspecified atom stereocenters. The van der Waals surface area contributed by atoms with E-state index in [1.54, 1.807) is 30.4 Å². The van der Waals surface area contributed by atoms with E-state index in [2.05, 4.69) is 74.4 Å². The van der Waals surface area contributed by atoms with Gasteiger partial charge in [0.05, 0.1) is 23.7 Å². The highest BCUT2D eigenvalue weighted by Gasteiger charge is 2.38. The molecule has 1 aliphatic carbocycles. The minimum atomic E-state index is -0.529. The molecule has 2 aromatic carbocycles. The van der Waals surface area contributed by atoms with Crippen LogP contribution in [0.4, 0.5) is 34.4 Å². The maximum Gasteiger partial charge on any atom is 0.293 e. The number of aryl methyl sites for hydroxylation is 1. The number of nitrogens with two attached hydrogens (primary N) is 1. The summed E-state index contributed by atoms with van der Waals surface area (Å²) in [5, 5.41) is 17.8. The SMILES string of the molecule is C=CC(=O)Nc1cc(Nc2nc(-c3ccnc(N4CCn5c(cc6c5CC(C)(C)C6)C4=O)c3CO)cn(C)c2=O)ccc1N1CCN(C2CCN(c3ccc(Cl)c(C(C)(C)N)c3)CC2)C[C@@H]1C. The standard InChI is InChI=1S/C51H62ClN11O4/c1-8-45(65)56-40-24-33(9-12-42(40)61-20-19-60(28-31(61)2)34-14-17-59(18-15-34)35-10-11-39(52)38(25-35)51(5,6)53)55-46-49(67)58(7)29-41(57-46)36-13-16-54-47(37(36)30-64)63-22-21-62-43(48(63)66)23-32-26-50(3,4)27-44(32)62/h8-13,16,23-25,29,31,34,64H,1,14-15,17-22,26-28,30,53H2,2-7H3,(H,55,57)(H,56,65)/t31-/m0/s1. The Hall–Kier alpha value is -6.00. The van der Waals surface area contributed by atoms with Crippen LogP contribution < -0.4 is 36.6 Å². The molecule has 0 spiro atoms. The second-order valence-corrected chi connectivity index (χ2v) is 20.4. The van der Waals surface area contributed by atoms with Crippen molar-refractivity contribution < 1.29 is 14.7 Å². The van der Waals surface area contributed by atoms with Crippen molar-refractivity contribution in [1.29, 1.82) is 0 Å². The molecule has 15 nitrogen and oxygen atoms in total. The van der Waals surface area contributed by atoms with Crippen LogP contribution in [0.5, 0.6) is 0 Å². The minimum absolute atomic E-state index is 0.0491. The van der Waals surface area contributed by atoms with Crippen LogP contribution in [-0.4, -0.2) is 92.3 Å². The molecule has 352 valence electrons. The lowest BCUT2D eigenvalue weighted by Crippen LogP contribution is -2.57. The number of pyridine rings is 1. The fourth-order valence-corrected chi connectivity index (χ4v) is 11.1. The zero-order valence-corrected chi connectivity index (χ0v) is 40.2. The van der Waals surface area contributed by atoms with Gasteiger partial charge in [0.2, 0.25) is 5.91 Å². The maximum atomic E-state index is 14.0. The Morgan fingerprint density at radius 3 is 2.52 bits per heavy atom. The summed E-state index contributed by atoms with van der Waals surface area (Å²) in [7, 11) is 1.64. The second kappa shape index (κ2) is 17.9. The van der Waals surface area contributed by atoms with Gasteiger partial charge in [0.1, 0.15) is 11.5 Å². The number of aliphatic hydroxyl groups is 1. The molecule has 16 heteroatoms. The number of nitrogens with one attached hydrogen (secondary N) is 2. The average molecular weight is 929 g/mol. The molecule has 5 N–H and O–H groups in total. The summed E-state index contributed by atoms with van der Waals surface area (Å²) in [5.41, 5.74) is 14.3. The monoisotopic (exact) mass is 927 g/mol. The number of piperidine rings is 1. The van der Waals surface area contributed by atoms with E-state index in [-0.39, 0.29) is 34.6 Å². The van der Waals surface area contributed by atoms with Gasteiger partial charge in [0, 0.05) is 116 Å². The summed E-state index contributed by atoms with van der Waals surface area (Å²) >= 11 is 6.52. The van der Waals surface area contributed by atoms with E-state index in [9.17, 15) is 19.5 Å². The zero-order valence-electron chi connectivity index (χ0n) is 39.4. The van der Waals surface area contributed by atoms with Gasteiger partial charge in [-0.15, -0.1) is 0 Å². The number of anilines is 6. The maximum absolute atomic E-state index is 14.0. The summed E-state index contributed by atoms with van der Waals surface area (Å²) in [6.07, 6.45) is 8.40. The number of nitrogens with zero attached hydrogens (tertiary/aromatic N) is 8. The lowest BCUT2D eigenvalue weighted by molar-refractivity contribution is -0.111. The van der Waals surface area contributed by atoms with Gasteiger partial charge in [-0.05, 0) is 118 Å². The van der Waals surface area contributed by atoms with E-state index in [1.807, 2.05) is 44.2 Å². The van der Waals surface area contributed by atoms with Crippen LogP contribution in [0.25, 0.3) is 11.3 Å². The number of carbonyl (C=O) groups excluding carboxylic acids is 2. The molecule has 9 rings (SSSR count). The number of halogens is 1. The van der Waals surface area contributed by atoms with Gasteiger partial charge in [-0.2, -0.15) is 0 Å². The van der Waals surface area contributed by atoms with Crippen LogP contribution in [0.2, 0.25) is 5.02 Å². The van der Waals surface area contributed by atoms with Crippen molar-refractivity contribution in [2.75, 3.05) is 64.6 Å². The van der Waals surface area contributed by atoms with Crippen molar-refractivity contribution in [1.82, 2.24) is 24.0 Å². The molecule has 1 atom stereocenters. The Morgan fingerprint density at radius 2 is 1.81 bits per heavy atom.